The molecular weight excluding hydrogens is 414 g/mol. The van der Waals surface area contributed by atoms with Crippen LogP contribution in [0.3, 0.4) is 0 Å². The lowest BCUT2D eigenvalue weighted by atomic mass is 10.0. The zero-order valence-corrected chi connectivity index (χ0v) is 19.4. The van der Waals surface area contributed by atoms with Crippen LogP contribution in [0.5, 0.6) is 0 Å². The summed E-state index contributed by atoms with van der Waals surface area (Å²) in [4.78, 5) is 37.3. The first kappa shape index (κ1) is 24.0. The second kappa shape index (κ2) is 13.0. The number of unbranched alkanes of at least 4 members (excludes halogenated alkanes) is 4. The van der Waals surface area contributed by atoms with Crippen LogP contribution in [0.15, 0.2) is 0 Å². The van der Waals surface area contributed by atoms with E-state index in [1.165, 1.54) is 6.42 Å². The van der Waals surface area contributed by atoms with Crippen LogP contribution in [0.1, 0.15) is 70.6 Å². The Morgan fingerprint density at radius 3 is 2.45 bits per heavy atom. The first-order valence-corrected chi connectivity index (χ1v) is 13.2. The van der Waals surface area contributed by atoms with Gasteiger partial charge in [-0.05, 0) is 44.9 Å². The average Bonchev–Trinajstić information content (AvgIpc) is 3.32. The summed E-state index contributed by atoms with van der Waals surface area (Å²) in [5, 5.41) is 12.5. The Labute approximate surface area is 190 Å². The number of hydrogen-bond acceptors (Lipinski definition) is 4. The van der Waals surface area contributed by atoms with Crippen molar-refractivity contribution in [1.82, 2.24) is 26.2 Å². The zero-order valence-electron chi connectivity index (χ0n) is 18.6. The molecule has 176 valence electrons. The third kappa shape index (κ3) is 8.09. The summed E-state index contributed by atoms with van der Waals surface area (Å²) < 4.78 is 0. The van der Waals surface area contributed by atoms with Crippen molar-refractivity contribution < 1.29 is 14.4 Å². The lowest BCUT2D eigenvalue weighted by molar-refractivity contribution is -0.121. The minimum Gasteiger partial charge on any atom is -0.356 e. The summed E-state index contributed by atoms with van der Waals surface area (Å²) in [6, 6.07) is 0.575. The Kier molecular flexibility index (Phi) is 10.1. The van der Waals surface area contributed by atoms with Crippen molar-refractivity contribution in [2.24, 2.45) is 0 Å². The van der Waals surface area contributed by atoms with Crippen LogP contribution >= 0.6 is 11.8 Å². The number of piperidine rings is 1. The maximum Gasteiger partial charge on any atom is 0.317 e. The standard InChI is InChI=1S/C22H39N5O3S/c28-19(11-5-4-10-18-20-17(16-31-18)25-21(29)26-20)23-12-6-1-2-7-13-24-22(30)27-14-8-3-9-15-27/h17-18,20H,1-16H2,(H,23,28)(H,24,30)(H2,25,26,29)/t17-,18-,20-/m0/s1. The van der Waals surface area contributed by atoms with Crippen molar-refractivity contribution in [2.45, 2.75) is 88.0 Å². The number of hydrogen-bond donors (Lipinski definition) is 4. The molecule has 0 aromatic heterocycles. The van der Waals surface area contributed by atoms with E-state index >= 15 is 0 Å². The number of nitrogens with zero attached hydrogens (tertiary/aromatic N) is 1. The molecule has 0 aliphatic carbocycles. The van der Waals surface area contributed by atoms with Gasteiger partial charge in [0.2, 0.25) is 5.91 Å². The number of likely N-dealkylation sites (tertiary alicyclic amines) is 1. The highest BCUT2D eigenvalue weighted by atomic mass is 32.2. The van der Waals surface area contributed by atoms with Crippen molar-refractivity contribution >= 4 is 29.7 Å². The van der Waals surface area contributed by atoms with Gasteiger partial charge in [-0.15, -0.1) is 0 Å². The van der Waals surface area contributed by atoms with Gasteiger partial charge in [0.05, 0.1) is 12.1 Å². The summed E-state index contributed by atoms with van der Waals surface area (Å²) in [7, 11) is 0. The van der Waals surface area contributed by atoms with Gasteiger partial charge in [0.1, 0.15) is 0 Å². The normalized spacial score (nSPS) is 25.0. The lowest BCUT2D eigenvalue weighted by Gasteiger charge is -2.26. The number of thioether (sulfide) groups is 1. The monoisotopic (exact) mass is 453 g/mol. The second-order valence-electron chi connectivity index (χ2n) is 8.91. The number of fused-ring (bicyclic) bond motifs is 1. The molecule has 3 aliphatic heterocycles. The Bertz CT molecular complexity index is 600. The fourth-order valence-electron chi connectivity index (χ4n) is 4.60. The molecule has 5 amide bonds. The van der Waals surface area contributed by atoms with E-state index in [1.54, 1.807) is 0 Å². The first-order chi connectivity index (χ1) is 15.1. The number of nitrogens with one attached hydrogen (secondary N) is 4. The predicted octanol–water partition coefficient (Wildman–Crippen LogP) is 2.58. The molecule has 9 heteroatoms. The fraction of sp³-hybridized carbons (Fsp3) is 0.864. The van der Waals surface area contributed by atoms with Crippen LogP contribution < -0.4 is 21.3 Å². The molecule has 0 aromatic carbocycles. The summed E-state index contributed by atoms with van der Waals surface area (Å²) in [6.45, 7) is 3.25. The highest BCUT2D eigenvalue weighted by Crippen LogP contribution is 2.33. The van der Waals surface area contributed by atoms with E-state index in [-0.39, 0.29) is 30.1 Å². The van der Waals surface area contributed by atoms with E-state index in [4.69, 9.17) is 0 Å². The van der Waals surface area contributed by atoms with Crippen molar-refractivity contribution in [3.63, 3.8) is 0 Å². The minimum atomic E-state index is -0.0399. The number of urea groups is 2. The van der Waals surface area contributed by atoms with Crippen molar-refractivity contribution in [1.29, 1.82) is 0 Å². The molecule has 0 radical (unpaired) electrons. The maximum atomic E-state index is 12.0. The second-order valence-corrected chi connectivity index (χ2v) is 10.2. The van der Waals surface area contributed by atoms with Gasteiger partial charge < -0.3 is 26.2 Å². The van der Waals surface area contributed by atoms with Crippen LogP contribution in [-0.2, 0) is 4.79 Å². The Morgan fingerprint density at radius 1 is 0.935 bits per heavy atom. The fourth-order valence-corrected chi connectivity index (χ4v) is 6.14. The van der Waals surface area contributed by atoms with E-state index in [9.17, 15) is 14.4 Å². The Balaban J connectivity index is 1.10. The first-order valence-electron chi connectivity index (χ1n) is 12.1. The largest absolute Gasteiger partial charge is 0.356 e. The van der Waals surface area contributed by atoms with E-state index in [0.717, 1.165) is 89.7 Å². The van der Waals surface area contributed by atoms with Gasteiger partial charge in [-0.2, -0.15) is 11.8 Å². The molecule has 3 atom stereocenters. The molecular formula is C22H39N5O3S. The van der Waals surface area contributed by atoms with Gasteiger partial charge in [0, 0.05) is 43.6 Å². The molecule has 0 aromatic rings. The zero-order chi connectivity index (χ0) is 21.9. The molecule has 3 fully saturated rings. The number of carbonyl (C=O) groups excluding carboxylic acids is 3. The summed E-state index contributed by atoms with van der Waals surface area (Å²) in [5.74, 6) is 1.13. The molecule has 3 rings (SSSR count). The van der Waals surface area contributed by atoms with Crippen molar-refractivity contribution in [2.75, 3.05) is 31.9 Å². The lowest BCUT2D eigenvalue weighted by Crippen LogP contribution is -2.43. The van der Waals surface area contributed by atoms with Crippen LogP contribution in [0.2, 0.25) is 0 Å². The maximum absolute atomic E-state index is 12.0. The summed E-state index contributed by atoms with van der Waals surface area (Å²) >= 11 is 1.93. The van der Waals surface area contributed by atoms with Crippen LogP contribution in [-0.4, -0.2) is 72.1 Å². The van der Waals surface area contributed by atoms with Gasteiger partial charge in [0.15, 0.2) is 0 Å². The Hall–Kier alpha value is -1.64. The summed E-state index contributed by atoms with van der Waals surface area (Å²) in [5.41, 5.74) is 0. The molecule has 3 heterocycles. The van der Waals surface area contributed by atoms with Crippen LogP contribution in [0.25, 0.3) is 0 Å². The van der Waals surface area contributed by atoms with E-state index in [1.807, 2.05) is 16.7 Å². The third-order valence-corrected chi connectivity index (χ3v) is 7.93. The van der Waals surface area contributed by atoms with Crippen LogP contribution in [0.4, 0.5) is 9.59 Å². The van der Waals surface area contributed by atoms with E-state index < -0.39 is 0 Å². The molecule has 0 bridgehead atoms. The number of carbonyl (C=O) groups is 3. The molecule has 0 saturated carbocycles. The predicted molar refractivity (Wildman–Crippen MR) is 124 cm³/mol. The summed E-state index contributed by atoms with van der Waals surface area (Å²) in [6.07, 6.45) is 11.2. The Morgan fingerprint density at radius 2 is 1.68 bits per heavy atom. The smallest absolute Gasteiger partial charge is 0.317 e. The third-order valence-electron chi connectivity index (χ3n) is 6.43. The van der Waals surface area contributed by atoms with Crippen LogP contribution in [0, 0.1) is 0 Å². The molecule has 3 saturated heterocycles. The quantitative estimate of drug-likeness (QED) is 0.269. The van der Waals surface area contributed by atoms with E-state index in [0.29, 0.717) is 11.7 Å². The number of amides is 5. The van der Waals surface area contributed by atoms with E-state index in [2.05, 4.69) is 21.3 Å². The van der Waals surface area contributed by atoms with Gasteiger partial charge in [-0.3, -0.25) is 4.79 Å². The molecule has 4 N–H and O–H groups in total. The van der Waals surface area contributed by atoms with Gasteiger partial charge in [-0.1, -0.05) is 19.3 Å². The molecule has 3 aliphatic rings. The van der Waals surface area contributed by atoms with Gasteiger partial charge in [-0.25, -0.2) is 9.59 Å². The topological polar surface area (TPSA) is 103 Å². The molecule has 8 nitrogen and oxygen atoms in total. The molecule has 0 spiro atoms. The SMILES string of the molecule is O=C(CCCC[C@@H]1SC[C@@H]2NC(=O)N[C@@H]21)NCCCCCCNC(=O)N1CCCCC1. The number of rotatable bonds is 12. The highest BCUT2D eigenvalue weighted by Gasteiger charge is 2.42. The van der Waals surface area contributed by atoms with Crippen molar-refractivity contribution in [3.8, 4) is 0 Å². The average molecular weight is 454 g/mol. The van der Waals surface area contributed by atoms with Gasteiger partial charge in [0.25, 0.3) is 0 Å². The van der Waals surface area contributed by atoms with Gasteiger partial charge >= 0.3 is 12.1 Å². The van der Waals surface area contributed by atoms with Crippen molar-refractivity contribution in [3.05, 3.63) is 0 Å². The molecule has 31 heavy (non-hydrogen) atoms. The highest BCUT2D eigenvalue weighted by molar-refractivity contribution is 8.00. The molecule has 0 unspecified atom stereocenters. The minimum absolute atomic E-state index is 0.0399.